The maximum absolute atomic E-state index is 12.2. The third kappa shape index (κ3) is 4.22. The van der Waals surface area contributed by atoms with Crippen LogP contribution < -0.4 is 5.32 Å². The third-order valence-electron chi connectivity index (χ3n) is 4.25. The van der Waals surface area contributed by atoms with Crippen molar-refractivity contribution in [2.45, 2.75) is 32.7 Å². The van der Waals surface area contributed by atoms with Crippen LogP contribution in [-0.4, -0.2) is 41.2 Å². The molecule has 1 N–H and O–H groups in total. The van der Waals surface area contributed by atoms with Gasteiger partial charge in [0, 0.05) is 25.7 Å². The van der Waals surface area contributed by atoms with Crippen molar-refractivity contribution >= 4 is 5.91 Å². The van der Waals surface area contributed by atoms with Crippen LogP contribution in [0.3, 0.4) is 0 Å². The average Bonchev–Trinajstić information content (AvgIpc) is 3.08. The number of likely N-dealkylation sites (N-methyl/N-ethyl adjacent to an activating group) is 1. The van der Waals surface area contributed by atoms with E-state index in [0.717, 1.165) is 22.7 Å². The van der Waals surface area contributed by atoms with E-state index in [4.69, 9.17) is 4.42 Å². The second kappa shape index (κ2) is 7.46. The second-order valence-electron chi connectivity index (χ2n) is 6.07. The maximum Gasteiger partial charge on any atom is 0.220 e. The van der Waals surface area contributed by atoms with E-state index in [1.54, 1.807) is 6.26 Å². The summed E-state index contributed by atoms with van der Waals surface area (Å²) in [6.45, 7) is 4.55. The minimum absolute atomic E-state index is 0.0378. The minimum Gasteiger partial charge on any atom is -0.468 e. The molecule has 0 aromatic carbocycles. The van der Waals surface area contributed by atoms with E-state index in [2.05, 4.69) is 10.4 Å². The largest absolute Gasteiger partial charge is 0.468 e. The summed E-state index contributed by atoms with van der Waals surface area (Å²) >= 11 is 0. The van der Waals surface area contributed by atoms with Crippen LogP contribution in [0, 0.1) is 13.8 Å². The first kappa shape index (κ1) is 17.3. The Kier molecular flexibility index (Phi) is 5.60. The zero-order valence-corrected chi connectivity index (χ0v) is 14.6. The number of carbonyl (C=O) groups excluding carboxylic acids is 1. The molecule has 0 radical (unpaired) electrons. The van der Waals surface area contributed by atoms with E-state index in [1.165, 1.54) is 0 Å². The lowest BCUT2D eigenvalue weighted by atomic mass is 10.1. The highest BCUT2D eigenvalue weighted by Crippen LogP contribution is 2.18. The van der Waals surface area contributed by atoms with Gasteiger partial charge in [0.15, 0.2) is 0 Å². The lowest BCUT2D eigenvalue weighted by Gasteiger charge is -2.22. The number of furan rings is 1. The van der Waals surface area contributed by atoms with Gasteiger partial charge in [-0.15, -0.1) is 0 Å². The molecule has 0 aliphatic carbocycles. The van der Waals surface area contributed by atoms with Crippen LogP contribution in [0.1, 0.15) is 35.2 Å². The number of rotatable bonds is 7. The fraction of sp³-hybridized carbons (Fsp3) is 0.529. The smallest absolute Gasteiger partial charge is 0.220 e. The van der Waals surface area contributed by atoms with Crippen molar-refractivity contribution in [2.75, 3.05) is 20.6 Å². The van der Waals surface area contributed by atoms with E-state index in [9.17, 15) is 4.79 Å². The van der Waals surface area contributed by atoms with Gasteiger partial charge in [0.05, 0.1) is 18.0 Å². The molecule has 2 aromatic heterocycles. The molecule has 0 spiro atoms. The van der Waals surface area contributed by atoms with Crippen LogP contribution in [0.5, 0.6) is 0 Å². The number of nitrogens with zero attached hydrogens (tertiary/aromatic N) is 3. The zero-order valence-electron chi connectivity index (χ0n) is 14.6. The lowest BCUT2D eigenvalue weighted by Crippen LogP contribution is -2.34. The Bertz CT molecular complexity index is 644. The summed E-state index contributed by atoms with van der Waals surface area (Å²) < 4.78 is 7.31. The second-order valence-corrected chi connectivity index (χ2v) is 6.07. The van der Waals surface area contributed by atoms with Gasteiger partial charge in [0.2, 0.25) is 5.91 Å². The van der Waals surface area contributed by atoms with Crippen molar-refractivity contribution in [3.8, 4) is 0 Å². The Hall–Kier alpha value is -2.08. The Morgan fingerprint density at radius 1 is 1.43 bits per heavy atom. The molecule has 23 heavy (non-hydrogen) atoms. The molecule has 0 aliphatic heterocycles. The predicted molar refractivity (Wildman–Crippen MR) is 89.1 cm³/mol. The lowest BCUT2D eigenvalue weighted by molar-refractivity contribution is -0.121. The first-order valence-corrected chi connectivity index (χ1v) is 7.85. The Labute approximate surface area is 137 Å². The molecule has 0 bridgehead atoms. The van der Waals surface area contributed by atoms with Gasteiger partial charge in [-0.1, -0.05) is 0 Å². The van der Waals surface area contributed by atoms with Crippen LogP contribution in [-0.2, 0) is 18.3 Å². The van der Waals surface area contributed by atoms with E-state index in [1.807, 2.05) is 56.7 Å². The average molecular weight is 318 g/mol. The van der Waals surface area contributed by atoms with E-state index < -0.39 is 0 Å². The highest BCUT2D eigenvalue weighted by molar-refractivity contribution is 5.76. The summed E-state index contributed by atoms with van der Waals surface area (Å²) in [4.78, 5) is 14.2. The summed E-state index contributed by atoms with van der Waals surface area (Å²) in [7, 11) is 5.88. The number of nitrogens with one attached hydrogen (secondary N) is 1. The summed E-state index contributed by atoms with van der Waals surface area (Å²) in [5.74, 6) is 0.903. The molecule has 0 saturated carbocycles. The zero-order chi connectivity index (χ0) is 17.0. The molecule has 6 heteroatoms. The number of hydrogen-bond acceptors (Lipinski definition) is 4. The summed E-state index contributed by atoms with van der Waals surface area (Å²) in [6.07, 6.45) is 2.83. The molecule has 1 amide bonds. The SMILES string of the molecule is Cc1nn(C)c(C)c1CCC(=O)NC[C@H](c1ccco1)N(C)C. The highest BCUT2D eigenvalue weighted by atomic mass is 16.3. The Morgan fingerprint density at radius 3 is 2.70 bits per heavy atom. The van der Waals surface area contributed by atoms with E-state index in [-0.39, 0.29) is 11.9 Å². The van der Waals surface area contributed by atoms with Gasteiger partial charge >= 0.3 is 0 Å². The topological polar surface area (TPSA) is 63.3 Å². The first-order chi connectivity index (χ1) is 10.9. The minimum atomic E-state index is 0.0378. The van der Waals surface area contributed by atoms with Crippen molar-refractivity contribution in [1.29, 1.82) is 0 Å². The fourth-order valence-corrected chi connectivity index (χ4v) is 2.74. The van der Waals surface area contributed by atoms with Crippen molar-refractivity contribution in [1.82, 2.24) is 20.0 Å². The van der Waals surface area contributed by atoms with E-state index >= 15 is 0 Å². The molecule has 0 unspecified atom stereocenters. The van der Waals surface area contributed by atoms with Crippen LogP contribution in [0.4, 0.5) is 0 Å². The van der Waals surface area contributed by atoms with Crippen LogP contribution in [0.2, 0.25) is 0 Å². The molecule has 2 rings (SSSR count). The number of hydrogen-bond donors (Lipinski definition) is 1. The summed E-state index contributed by atoms with van der Waals surface area (Å²) in [5, 5.41) is 7.39. The molecule has 0 saturated heterocycles. The summed E-state index contributed by atoms with van der Waals surface area (Å²) in [6, 6.07) is 3.83. The van der Waals surface area contributed by atoms with Gasteiger partial charge in [-0.25, -0.2) is 0 Å². The quantitative estimate of drug-likeness (QED) is 0.848. The summed E-state index contributed by atoms with van der Waals surface area (Å²) in [5.41, 5.74) is 3.29. The monoisotopic (exact) mass is 318 g/mol. The van der Waals surface area contributed by atoms with Gasteiger partial charge in [-0.05, 0) is 52.1 Å². The van der Waals surface area contributed by atoms with Crippen molar-refractivity contribution in [2.24, 2.45) is 7.05 Å². The van der Waals surface area contributed by atoms with Crippen LogP contribution in [0.15, 0.2) is 22.8 Å². The molecule has 2 heterocycles. The van der Waals surface area contributed by atoms with Crippen molar-refractivity contribution in [3.63, 3.8) is 0 Å². The molecule has 1 atom stereocenters. The van der Waals surface area contributed by atoms with Gasteiger partial charge < -0.3 is 9.73 Å². The molecular formula is C17H26N4O2. The predicted octanol–water partition coefficient (Wildman–Crippen LogP) is 1.98. The normalized spacial score (nSPS) is 12.6. The molecule has 6 nitrogen and oxygen atoms in total. The molecule has 0 fully saturated rings. The fourth-order valence-electron chi connectivity index (χ4n) is 2.74. The number of aromatic nitrogens is 2. The van der Waals surface area contributed by atoms with Gasteiger partial charge in [0.25, 0.3) is 0 Å². The first-order valence-electron chi connectivity index (χ1n) is 7.85. The van der Waals surface area contributed by atoms with Gasteiger partial charge in [-0.2, -0.15) is 5.10 Å². The number of aryl methyl sites for hydroxylation is 2. The maximum atomic E-state index is 12.2. The molecule has 126 valence electrons. The Morgan fingerprint density at radius 2 is 2.17 bits per heavy atom. The van der Waals surface area contributed by atoms with Crippen molar-refractivity contribution < 1.29 is 9.21 Å². The van der Waals surface area contributed by atoms with Gasteiger partial charge in [-0.3, -0.25) is 14.4 Å². The molecular weight excluding hydrogens is 292 g/mol. The third-order valence-corrected chi connectivity index (χ3v) is 4.25. The molecule has 0 aliphatic rings. The highest BCUT2D eigenvalue weighted by Gasteiger charge is 2.18. The van der Waals surface area contributed by atoms with Gasteiger partial charge in [0.1, 0.15) is 5.76 Å². The number of carbonyl (C=O) groups is 1. The molecule has 2 aromatic rings. The Balaban J connectivity index is 1.87. The number of amides is 1. The van der Waals surface area contributed by atoms with E-state index in [0.29, 0.717) is 19.4 Å². The van der Waals surface area contributed by atoms with Crippen LogP contribution >= 0.6 is 0 Å². The standard InChI is InChI=1S/C17H26N4O2/c1-12-14(13(2)21(5)19-12)8-9-17(22)18-11-15(20(3)4)16-7-6-10-23-16/h6-7,10,15H,8-9,11H2,1-5H3,(H,18,22)/t15-/m1/s1. The van der Waals surface area contributed by atoms with Crippen LogP contribution in [0.25, 0.3) is 0 Å². The van der Waals surface area contributed by atoms with Crippen molar-refractivity contribution in [3.05, 3.63) is 41.1 Å².